The second kappa shape index (κ2) is 7.21. The molecule has 3 nitrogen and oxygen atoms in total. The van der Waals surface area contributed by atoms with E-state index in [4.69, 9.17) is 4.74 Å². The standard InChI is InChI=1S/C11H24N2O/c1-3-9-14-10-7-12-6-8-13(2)11-4-5-11/h11-12H,3-10H2,1-2H3. The Labute approximate surface area is 87.8 Å². The van der Waals surface area contributed by atoms with Crippen LogP contribution in [0.2, 0.25) is 0 Å². The molecule has 1 rings (SSSR count). The van der Waals surface area contributed by atoms with Crippen LogP contribution in [0.5, 0.6) is 0 Å². The van der Waals surface area contributed by atoms with Gasteiger partial charge in [-0.2, -0.15) is 0 Å². The van der Waals surface area contributed by atoms with Crippen LogP contribution in [-0.2, 0) is 4.74 Å². The third kappa shape index (κ3) is 5.58. The van der Waals surface area contributed by atoms with Gasteiger partial charge in [0.2, 0.25) is 0 Å². The fourth-order valence-electron chi connectivity index (χ4n) is 1.47. The summed E-state index contributed by atoms with van der Waals surface area (Å²) in [6.07, 6.45) is 3.91. The average Bonchev–Trinajstić information content (AvgIpc) is 2.99. The Morgan fingerprint density at radius 3 is 2.71 bits per heavy atom. The molecule has 1 aliphatic rings. The van der Waals surface area contributed by atoms with Gasteiger partial charge in [-0.15, -0.1) is 0 Å². The van der Waals surface area contributed by atoms with Crippen molar-refractivity contribution in [1.29, 1.82) is 0 Å². The molecule has 3 heteroatoms. The summed E-state index contributed by atoms with van der Waals surface area (Å²) in [4.78, 5) is 2.44. The van der Waals surface area contributed by atoms with Crippen LogP contribution in [0, 0.1) is 0 Å². The molecule has 0 heterocycles. The minimum absolute atomic E-state index is 0.848. The number of nitrogens with one attached hydrogen (secondary N) is 1. The summed E-state index contributed by atoms with van der Waals surface area (Å²) in [6.45, 7) is 7.11. The monoisotopic (exact) mass is 200 g/mol. The van der Waals surface area contributed by atoms with E-state index in [9.17, 15) is 0 Å². The highest BCUT2D eigenvalue weighted by Gasteiger charge is 2.25. The molecule has 0 aromatic rings. The van der Waals surface area contributed by atoms with Crippen molar-refractivity contribution in [1.82, 2.24) is 10.2 Å². The first-order chi connectivity index (χ1) is 6.84. The maximum absolute atomic E-state index is 5.37. The van der Waals surface area contributed by atoms with Gasteiger partial charge in [-0.05, 0) is 26.3 Å². The van der Waals surface area contributed by atoms with Crippen LogP contribution in [0.25, 0.3) is 0 Å². The largest absolute Gasteiger partial charge is 0.380 e. The molecule has 1 N–H and O–H groups in total. The molecular weight excluding hydrogens is 176 g/mol. The van der Waals surface area contributed by atoms with Crippen LogP contribution in [0.3, 0.4) is 0 Å². The van der Waals surface area contributed by atoms with Crippen molar-refractivity contribution in [2.24, 2.45) is 0 Å². The van der Waals surface area contributed by atoms with Crippen molar-refractivity contribution in [3.05, 3.63) is 0 Å². The molecule has 0 bridgehead atoms. The molecule has 0 saturated heterocycles. The van der Waals surface area contributed by atoms with Gasteiger partial charge in [0, 0.05) is 32.3 Å². The predicted octanol–water partition coefficient (Wildman–Crippen LogP) is 1.10. The van der Waals surface area contributed by atoms with Gasteiger partial charge in [0.25, 0.3) is 0 Å². The quantitative estimate of drug-likeness (QED) is 0.564. The Balaban J connectivity index is 1.75. The normalized spacial score (nSPS) is 16.5. The number of nitrogens with zero attached hydrogens (tertiary/aromatic N) is 1. The zero-order valence-electron chi connectivity index (χ0n) is 9.59. The van der Waals surface area contributed by atoms with Crippen molar-refractivity contribution in [3.8, 4) is 0 Å². The summed E-state index contributed by atoms with van der Waals surface area (Å²) < 4.78 is 5.37. The lowest BCUT2D eigenvalue weighted by Crippen LogP contribution is -2.32. The predicted molar refractivity (Wildman–Crippen MR) is 59.6 cm³/mol. The molecule has 0 aromatic heterocycles. The highest BCUT2D eigenvalue weighted by molar-refractivity contribution is 4.82. The van der Waals surface area contributed by atoms with Gasteiger partial charge in [0.1, 0.15) is 0 Å². The summed E-state index contributed by atoms with van der Waals surface area (Å²) in [6, 6.07) is 0.883. The summed E-state index contributed by atoms with van der Waals surface area (Å²) in [5.41, 5.74) is 0. The zero-order valence-corrected chi connectivity index (χ0v) is 9.59. The van der Waals surface area contributed by atoms with E-state index in [1.165, 1.54) is 19.4 Å². The fourth-order valence-corrected chi connectivity index (χ4v) is 1.47. The first kappa shape index (κ1) is 12.0. The Morgan fingerprint density at radius 1 is 1.29 bits per heavy atom. The second-order valence-electron chi connectivity index (χ2n) is 4.07. The Bertz CT molecular complexity index is 137. The van der Waals surface area contributed by atoms with E-state index in [2.05, 4.69) is 24.2 Å². The van der Waals surface area contributed by atoms with E-state index < -0.39 is 0 Å². The third-order valence-corrected chi connectivity index (χ3v) is 2.58. The van der Waals surface area contributed by atoms with Crippen molar-refractivity contribution in [2.45, 2.75) is 32.2 Å². The highest BCUT2D eigenvalue weighted by Crippen LogP contribution is 2.24. The van der Waals surface area contributed by atoms with Gasteiger partial charge >= 0.3 is 0 Å². The van der Waals surface area contributed by atoms with Gasteiger partial charge in [-0.25, -0.2) is 0 Å². The van der Waals surface area contributed by atoms with Gasteiger partial charge < -0.3 is 15.0 Å². The Morgan fingerprint density at radius 2 is 2.07 bits per heavy atom. The molecule has 0 aliphatic heterocycles. The summed E-state index contributed by atoms with van der Waals surface area (Å²) in [5.74, 6) is 0. The number of rotatable bonds is 9. The Hall–Kier alpha value is -0.120. The number of likely N-dealkylation sites (N-methyl/N-ethyl adjacent to an activating group) is 1. The lowest BCUT2D eigenvalue weighted by atomic mass is 10.5. The van der Waals surface area contributed by atoms with Crippen molar-refractivity contribution in [2.75, 3.05) is 39.9 Å². The van der Waals surface area contributed by atoms with Crippen molar-refractivity contribution >= 4 is 0 Å². The van der Waals surface area contributed by atoms with Crippen LogP contribution in [0.15, 0.2) is 0 Å². The molecule has 0 atom stereocenters. The lowest BCUT2D eigenvalue weighted by molar-refractivity contribution is 0.136. The number of hydrogen-bond donors (Lipinski definition) is 1. The topological polar surface area (TPSA) is 24.5 Å². The molecular formula is C11H24N2O. The van der Waals surface area contributed by atoms with Crippen LogP contribution in [-0.4, -0.2) is 50.8 Å². The molecule has 84 valence electrons. The van der Waals surface area contributed by atoms with E-state index in [1.807, 2.05) is 0 Å². The number of hydrogen-bond acceptors (Lipinski definition) is 3. The van der Waals surface area contributed by atoms with Gasteiger partial charge in [0.15, 0.2) is 0 Å². The van der Waals surface area contributed by atoms with E-state index >= 15 is 0 Å². The highest BCUT2D eigenvalue weighted by atomic mass is 16.5. The molecule has 14 heavy (non-hydrogen) atoms. The molecule has 1 saturated carbocycles. The fraction of sp³-hybridized carbons (Fsp3) is 1.00. The molecule has 1 aliphatic carbocycles. The van der Waals surface area contributed by atoms with Gasteiger partial charge in [-0.3, -0.25) is 0 Å². The first-order valence-corrected chi connectivity index (χ1v) is 5.83. The van der Waals surface area contributed by atoms with E-state index in [1.54, 1.807) is 0 Å². The molecule has 0 amide bonds. The van der Waals surface area contributed by atoms with Crippen LogP contribution in [0.4, 0.5) is 0 Å². The van der Waals surface area contributed by atoms with Crippen LogP contribution < -0.4 is 5.32 Å². The molecule has 0 spiro atoms. The van der Waals surface area contributed by atoms with Crippen molar-refractivity contribution in [3.63, 3.8) is 0 Å². The van der Waals surface area contributed by atoms with E-state index in [-0.39, 0.29) is 0 Å². The van der Waals surface area contributed by atoms with Crippen molar-refractivity contribution < 1.29 is 4.74 Å². The van der Waals surface area contributed by atoms with Crippen LogP contribution in [0.1, 0.15) is 26.2 Å². The molecule has 0 aromatic carbocycles. The maximum Gasteiger partial charge on any atom is 0.0590 e. The SMILES string of the molecule is CCCOCCNCCN(C)C1CC1. The number of ether oxygens (including phenoxy) is 1. The minimum Gasteiger partial charge on any atom is -0.380 e. The molecule has 1 fully saturated rings. The van der Waals surface area contributed by atoms with Crippen LogP contribution >= 0.6 is 0 Å². The second-order valence-corrected chi connectivity index (χ2v) is 4.07. The smallest absolute Gasteiger partial charge is 0.0590 e. The van der Waals surface area contributed by atoms with E-state index in [0.29, 0.717) is 0 Å². The molecule has 0 radical (unpaired) electrons. The molecule has 0 unspecified atom stereocenters. The van der Waals surface area contributed by atoms with Gasteiger partial charge in [-0.1, -0.05) is 6.92 Å². The maximum atomic E-state index is 5.37. The summed E-state index contributed by atoms with van der Waals surface area (Å²) in [5, 5.41) is 3.39. The lowest BCUT2D eigenvalue weighted by Gasteiger charge is -2.15. The average molecular weight is 200 g/mol. The first-order valence-electron chi connectivity index (χ1n) is 5.83. The third-order valence-electron chi connectivity index (χ3n) is 2.58. The minimum atomic E-state index is 0.848. The Kier molecular flexibility index (Phi) is 6.15. The summed E-state index contributed by atoms with van der Waals surface area (Å²) in [7, 11) is 2.22. The zero-order chi connectivity index (χ0) is 10.2. The van der Waals surface area contributed by atoms with E-state index in [0.717, 1.165) is 38.8 Å². The summed E-state index contributed by atoms with van der Waals surface area (Å²) >= 11 is 0. The van der Waals surface area contributed by atoms with Gasteiger partial charge in [0.05, 0.1) is 6.61 Å².